The summed E-state index contributed by atoms with van der Waals surface area (Å²) in [6.07, 6.45) is 1.77. The molecular weight excluding hydrogens is 276 g/mol. The molecule has 0 radical (unpaired) electrons. The fourth-order valence-electron chi connectivity index (χ4n) is 1.86. The van der Waals surface area contributed by atoms with Gasteiger partial charge in [-0.3, -0.25) is 4.79 Å². The number of thioether (sulfide) groups is 1. The number of aliphatic hydroxyl groups excluding tert-OH is 1. The van der Waals surface area contributed by atoms with E-state index < -0.39 is 0 Å². The van der Waals surface area contributed by atoms with Crippen molar-refractivity contribution in [2.24, 2.45) is 0 Å². The van der Waals surface area contributed by atoms with Crippen LogP contribution in [-0.4, -0.2) is 28.4 Å². The standard InChI is InChI=1S/C15H16O4S/c16-7-9-20-15(11-3-5-12(17)6-4-11)10-13(18)14-2-1-8-19-14/h1-6,8,15-17H,7,9-10H2/t15-/m0/s1. The van der Waals surface area contributed by atoms with E-state index >= 15 is 0 Å². The Hall–Kier alpha value is -1.72. The van der Waals surface area contributed by atoms with Crippen LogP contribution in [0.25, 0.3) is 0 Å². The zero-order chi connectivity index (χ0) is 14.4. The van der Waals surface area contributed by atoms with E-state index in [0.29, 0.717) is 17.9 Å². The molecule has 2 N–H and O–H groups in total. The molecule has 0 aliphatic heterocycles. The van der Waals surface area contributed by atoms with Crippen molar-refractivity contribution in [3.63, 3.8) is 0 Å². The normalized spacial score (nSPS) is 12.2. The lowest BCUT2D eigenvalue weighted by Crippen LogP contribution is -2.06. The van der Waals surface area contributed by atoms with Gasteiger partial charge in [0.2, 0.25) is 0 Å². The molecule has 0 amide bonds. The minimum atomic E-state index is -0.0708. The summed E-state index contributed by atoms with van der Waals surface area (Å²) in [5, 5.41) is 18.2. The van der Waals surface area contributed by atoms with Crippen molar-refractivity contribution in [1.29, 1.82) is 0 Å². The van der Waals surface area contributed by atoms with Crippen molar-refractivity contribution in [3.8, 4) is 5.75 Å². The number of ketones is 1. The third-order valence-corrected chi connectivity index (χ3v) is 4.10. The monoisotopic (exact) mass is 292 g/mol. The number of carbonyl (C=O) groups excluding carboxylic acids is 1. The van der Waals surface area contributed by atoms with Crippen LogP contribution in [0.2, 0.25) is 0 Å². The van der Waals surface area contributed by atoms with Crippen LogP contribution in [0.15, 0.2) is 47.1 Å². The molecule has 1 heterocycles. The van der Waals surface area contributed by atoms with Gasteiger partial charge in [-0.25, -0.2) is 0 Å². The molecule has 0 spiro atoms. The summed E-state index contributed by atoms with van der Waals surface area (Å²) in [7, 11) is 0. The molecule has 0 bridgehead atoms. The largest absolute Gasteiger partial charge is 0.508 e. The average molecular weight is 292 g/mol. The predicted molar refractivity (Wildman–Crippen MR) is 78.0 cm³/mol. The lowest BCUT2D eigenvalue weighted by molar-refractivity contribution is 0.0955. The summed E-state index contributed by atoms with van der Waals surface area (Å²) < 4.78 is 5.11. The molecule has 1 aromatic carbocycles. The molecule has 2 aromatic rings. The topological polar surface area (TPSA) is 70.7 Å². The first-order chi connectivity index (χ1) is 9.70. The molecule has 20 heavy (non-hydrogen) atoms. The summed E-state index contributed by atoms with van der Waals surface area (Å²) in [6, 6.07) is 10.1. The Bertz CT molecular complexity index is 534. The Morgan fingerprint density at radius 3 is 2.60 bits per heavy atom. The highest BCUT2D eigenvalue weighted by atomic mass is 32.2. The number of phenolic OH excluding ortho intramolecular Hbond substituents is 1. The van der Waals surface area contributed by atoms with Gasteiger partial charge in [0.15, 0.2) is 11.5 Å². The summed E-state index contributed by atoms with van der Waals surface area (Å²) in [5.41, 5.74) is 0.946. The number of rotatable bonds is 7. The first-order valence-corrected chi connectivity index (χ1v) is 7.33. The van der Waals surface area contributed by atoms with Gasteiger partial charge in [0.25, 0.3) is 0 Å². The third kappa shape index (κ3) is 3.88. The summed E-state index contributed by atoms with van der Waals surface area (Å²) in [6.45, 7) is 0.0637. The van der Waals surface area contributed by atoms with Gasteiger partial charge in [-0.2, -0.15) is 11.8 Å². The maximum absolute atomic E-state index is 12.1. The van der Waals surface area contributed by atoms with Gasteiger partial charge in [-0.15, -0.1) is 0 Å². The molecule has 1 atom stereocenters. The van der Waals surface area contributed by atoms with Crippen LogP contribution in [0.5, 0.6) is 5.75 Å². The number of Topliss-reactive ketones (excluding diaryl/α,β-unsaturated/α-hetero) is 1. The van der Waals surface area contributed by atoms with E-state index in [0.717, 1.165) is 5.56 Å². The van der Waals surface area contributed by atoms with Crippen LogP contribution in [0.3, 0.4) is 0 Å². The lowest BCUT2D eigenvalue weighted by Gasteiger charge is -2.15. The second kappa shape index (κ2) is 7.17. The van der Waals surface area contributed by atoms with Gasteiger partial charge in [-0.05, 0) is 29.8 Å². The second-order valence-corrected chi connectivity index (χ2v) is 5.59. The fourth-order valence-corrected chi connectivity index (χ4v) is 2.87. The van der Waals surface area contributed by atoms with Crippen molar-refractivity contribution in [3.05, 3.63) is 54.0 Å². The third-order valence-electron chi connectivity index (χ3n) is 2.84. The Morgan fingerprint density at radius 2 is 2.00 bits per heavy atom. The number of furan rings is 1. The summed E-state index contributed by atoms with van der Waals surface area (Å²) in [5.74, 6) is 1.02. The molecule has 4 nitrogen and oxygen atoms in total. The Balaban J connectivity index is 2.11. The second-order valence-electron chi connectivity index (χ2n) is 4.28. The highest BCUT2D eigenvalue weighted by Crippen LogP contribution is 2.33. The van der Waals surface area contributed by atoms with Crippen LogP contribution in [0.4, 0.5) is 0 Å². The SMILES string of the molecule is O=C(C[C@H](SCCO)c1ccc(O)cc1)c1ccco1. The van der Waals surface area contributed by atoms with Gasteiger partial charge in [0.1, 0.15) is 5.75 Å². The minimum absolute atomic E-state index is 0.0637. The summed E-state index contributed by atoms with van der Waals surface area (Å²) >= 11 is 1.51. The molecule has 5 heteroatoms. The van der Waals surface area contributed by atoms with Gasteiger partial charge in [0, 0.05) is 17.4 Å². The number of phenols is 1. The highest BCUT2D eigenvalue weighted by molar-refractivity contribution is 7.99. The molecule has 1 aromatic heterocycles. The molecule has 0 saturated heterocycles. The van der Waals surface area contributed by atoms with Gasteiger partial charge >= 0.3 is 0 Å². The molecule has 2 rings (SSSR count). The van der Waals surface area contributed by atoms with Crippen molar-refractivity contribution in [2.75, 3.05) is 12.4 Å². The zero-order valence-corrected chi connectivity index (χ0v) is 11.7. The van der Waals surface area contributed by atoms with Crippen molar-refractivity contribution < 1.29 is 19.4 Å². The van der Waals surface area contributed by atoms with Crippen molar-refractivity contribution >= 4 is 17.5 Å². The smallest absolute Gasteiger partial charge is 0.199 e. The summed E-state index contributed by atoms with van der Waals surface area (Å²) in [4.78, 5) is 12.1. The first-order valence-electron chi connectivity index (χ1n) is 6.29. The first kappa shape index (κ1) is 14.7. The van der Waals surface area contributed by atoms with Crippen molar-refractivity contribution in [1.82, 2.24) is 0 Å². The number of aromatic hydroxyl groups is 1. The number of carbonyl (C=O) groups is 1. The highest BCUT2D eigenvalue weighted by Gasteiger charge is 2.19. The molecular formula is C15H16O4S. The predicted octanol–water partition coefficient (Wildman–Crippen LogP) is 3.02. The number of benzene rings is 1. The average Bonchev–Trinajstić information content (AvgIpc) is 2.98. The van der Waals surface area contributed by atoms with Crippen LogP contribution in [0.1, 0.15) is 27.8 Å². The molecule has 106 valence electrons. The van der Waals surface area contributed by atoms with E-state index in [4.69, 9.17) is 9.52 Å². The minimum Gasteiger partial charge on any atom is -0.508 e. The molecule has 0 fully saturated rings. The van der Waals surface area contributed by atoms with Gasteiger partial charge in [0.05, 0.1) is 12.9 Å². The van der Waals surface area contributed by atoms with E-state index in [2.05, 4.69) is 0 Å². The van der Waals surface area contributed by atoms with E-state index in [1.165, 1.54) is 18.0 Å². The quantitative estimate of drug-likeness (QED) is 0.768. The lowest BCUT2D eigenvalue weighted by atomic mass is 10.1. The van der Waals surface area contributed by atoms with E-state index in [9.17, 15) is 9.90 Å². The number of hydrogen-bond acceptors (Lipinski definition) is 5. The maximum Gasteiger partial charge on any atom is 0.199 e. The molecule has 0 saturated carbocycles. The molecule has 0 aliphatic rings. The van der Waals surface area contributed by atoms with Crippen LogP contribution < -0.4 is 0 Å². The Labute approximate surface area is 121 Å². The van der Waals surface area contributed by atoms with Crippen LogP contribution in [-0.2, 0) is 0 Å². The van der Waals surface area contributed by atoms with E-state index in [1.54, 1.807) is 36.4 Å². The number of aliphatic hydroxyl groups is 1. The zero-order valence-electron chi connectivity index (χ0n) is 10.9. The van der Waals surface area contributed by atoms with Crippen LogP contribution in [0, 0.1) is 0 Å². The molecule has 0 aliphatic carbocycles. The maximum atomic E-state index is 12.1. The fraction of sp³-hybridized carbons (Fsp3) is 0.267. The molecule has 0 unspecified atom stereocenters. The Kier molecular flexibility index (Phi) is 5.26. The van der Waals surface area contributed by atoms with Crippen LogP contribution >= 0.6 is 11.8 Å². The van der Waals surface area contributed by atoms with E-state index in [-0.39, 0.29) is 23.4 Å². The number of hydrogen-bond donors (Lipinski definition) is 2. The van der Waals surface area contributed by atoms with Crippen molar-refractivity contribution in [2.45, 2.75) is 11.7 Å². The van der Waals surface area contributed by atoms with Gasteiger partial charge in [-0.1, -0.05) is 12.1 Å². The van der Waals surface area contributed by atoms with Gasteiger partial charge < -0.3 is 14.6 Å². The van der Waals surface area contributed by atoms with E-state index in [1.807, 2.05) is 0 Å². The Morgan fingerprint density at radius 1 is 1.25 bits per heavy atom.